The number of esters is 1. The molecule has 0 bridgehead atoms. The minimum Gasteiger partial charge on any atom is -0.455 e. The number of unbranched alkanes of at least 4 members (excludes halogenated alkanes) is 1. The molecule has 0 aliphatic carbocycles. The number of hydrogen-bond acceptors (Lipinski definition) is 16. The summed E-state index contributed by atoms with van der Waals surface area (Å²) in [6.45, 7) is 14.7. The van der Waals surface area contributed by atoms with E-state index in [1.807, 2.05) is 39.8 Å². The van der Waals surface area contributed by atoms with Crippen LogP contribution in [0.3, 0.4) is 0 Å². The Morgan fingerprint density at radius 3 is 2.37 bits per heavy atom. The van der Waals surface area contributed by atoms with Crippen LogP contribution < -0.4 is 5.32 Å². The Morgan fingerprint density at radius 2 is 1.76 bits per heavy atom. The quantitative estimate of drug-likeness (QED) is 0.177. The fourth-order valence-corrected chi connectivity index (χ4v) is 9.18. The first kappa shape index (κ1) is 51.2. The third kappa shape index (κ3) is 11.6. The van der Waals surface area contributed by atoms with Gasteiger partial charge in [-0.1, -0.05) is 26.0 Å². The number of likely N-dealkylation sites (N-methyl/N-ethyl adjacent to an activating group) is 1. The van der Waals surface area contributed by atoms with Gasteiger partial charge in [0, 0.05) is 62.8 Å². The average molecular weight is 899 g/mol. The van der Waals surface area contributed by atoms with Gasteiger partial charge in [-0.2, -0.15) is 8.98 Å². The lowest BCUT2D eigenvalue weighted by atomic mass is 9.78. The highest BCUT2D eigenvalue weighted by Gasteiger charge is 2.60. The zero-order chi connectivity index (χ0) is 46.2. The number of aryl methyl sites for hydroxylation is 1. The van der Waals surface area contributed by atoms with Crippen molar-refractivity contribution in [1.29, 1.82) is 0 Å². The molecule has 5 rings (SSSR count). The highest BCUT2D eigenvalue weighted by Crippen LogP contribution is 2.41. The second-order valence-corrected chi connectivity index (χ2v) is 17.9. The van der Waals surface area contributed by atoms with Gasteiger partial charge >= 0.3 is 12.1 Å². The van der Waals surface area contributed by atoms with Crippen molar-refractivity contribution in [3.8, 4) is 11.4 Å². The number of nitrogens with zero attached hydrogens (tertiary/aromatic N) is 7. The number of ketones is 1. The number of nitrogens with one attached hydrogen (secondary N) is 1. The maximum absolute atomic E-state index is 16.9. The molecule has 3 aliphatic rings. The van der Waals surface area contributed by atoms with Crippen LogP contribution in [0.4, 0.5) is 13.1 Å². The minimum atomic E-state index is -3.13. The molecule has 17 nitrogen and oxygen atoms in total. The van der Waals surface area contributed by atoms with Gasteiger partial charge in [0.2, 0.25) is 0 Å². The molecule has 2 N–H and O–H groups in total. The first-order valence-corrected chi connectivity index (χ1v) is 22.5. The molecule has 13 atom stereocenters. The molecule has 3 saturated heterocycles. The van der Waals surface area contributed by atoms with Crippen molar-refractivity contribution in [3.63, 3.8) is 0 Å². The van der Waals surface area contributed by atoms with E-state index in [-0.39, 0.29) is 36.6 Å². The fraction of sp³-hybridized carbons (Fsp3) is 0.786. The summed E-state index contributed by atoms with van der Waals surface area (Å²) in [5, 5.41) is 31.4. The number of aromatic nitrogens is 5. The van der Waals surface area contributed by atoms with E-state index in [0.29, 0.717) is 56.7 Å². The van der Waals surface area contributed by atoms with Crippen LogP contribution in [0.1, 0.15) is 87.5 Å². The molecule has 62 heavy (non-hydrogen) atoms. The predicted octanol–water partition coefficient (Wildman–Crippen LogP) is 4.82. The number of aliphatic hydroxyl groups is 1. The first-order chi connectivity index (χ1) is 29.2. The Kier molecular flexibility index (Phi) is 18.2. The number of hydrogen-bond donors (Lipinski definition) is 2. The SMILES string of the molecule is CC[C@H]1OC(=O)C(C)(F)C(=O)[C@@H](C)[C@@H](O[C@@H]2O[C@H](C)CC(N(C)C)C2O)[C@](C)(OC)C[C@@H](C)CN[C@H](C)[C@H]2N(CCCCn3cc(-c4cccnn4)nn3)C(=O)O[C@]12C.CSF. The van der Waals surface area contributed by atoms with E-state index in [2.05, 4.69) is 25.8 Å². The van der Waals surface area contributed by atoms with E-state index < -0.39 is 77.3 Å². The summed E-state index contributed by atoms with van der Waals surface area (Å²) in [6.07, 6.45) is 1.61. The molecular formula is C42H68F2N8O9S. The molecule has 20 heteroatoms. The normalized spacial score (nSPS) is 36.2. The smallest absolute Gasteiger partial charge is 0.410 e. The maximum atomic E-state index is 16.9. The third-order valence-electron chi connectivity index (χ3n) is 12.5. The zero-order valence-corrected chi connectivity index (χ0v) is 39.1. The van der Waals surface area contributed by atoms with Gasteiger partial charge in [0.1, 0.15) is 23.6 Å². The molecule has 1 amide bonds. The second kappa shape index (κ2) is 22.0. The maximum Gasteiger partial charge on any atom is 0.410 e. The van der Waals surface area contributed by atoms with Crippen molar-refractivity contribution in [2.75, 3.05) is 40.6 Å². The van der Waals surface area contributed by atoms with E-state index in [9.17, 15) is 23.4 Å². The third-order valence-corrected chi connectivity index (χ3v) is 12.5. The Hall–Kier alpha value is -3.40. The van der Waals surface area contributed by atoms with Crippen LogP contribution in [0.2, 0.25) is 0 Å². The number of carbonyl (C=O) groups excluding carboxylic acids is 3. The van der Waals surface area contributed by atoms with E-state index >= 15 is 4.39 Å². The first-order valence-electron chi connectivity index (χ1n) is 21.4. The lowest BCUT2D eigenvalue weighted by Gasteiger charge is -2.47. The van der Waals surface area contributed by atoms with E-state index in [1.165, 1.54) is 20.3 Å². The highest BCUT2D eigenvalue weighted by atomic mass is 32.2. The van der Waals surface area contributed by atoms with Gasteiger partial charge in [-0.05, 0) is 105 Å². The molecular weight excluding hydrogens is 831 g/mol. The van der Waals surface area contributed by atoms with Gasteiger partial charge in [-0.25, -0.2) is 14.0 Å². The zero-order valence-electron chi connectivity index (χ0n) is 38.2. The standard InChI is InChI=1S/C41H65FN8O9.CH3FS/c1-12-31-41(8)33(50(38(54)59-41)19-14-13-18-49-23-29(46-47-49)28-16-15-17-44-45-28)27(5)43-22-24(2)21-39(6,55-11)35(26(4)34(52)40(7,42)37(53)57-31)58-36-32(51)30(48(9)10)20-25(3)56-36;1-3-2/h15-17,23-27,30-33,35-36,43,51H,12-14,18-22H2,1-11H3;1H3/t24-,25-,26-,27-,30?,31-,32?,33-,35-,36+,39-,40?,41-;/m1./s1. The van der Waals surface area contributed by atoms with Crippen LogP contribution in [0.5, 0.6) is 0 Å². The Labute approximate surface area is 368 Å². The lowest BCUT2D eigenvalue weighted by Crippen LogP contribution is -2.61. The molecule has 2 aromatic heterocycles. The number of halogens is 2. The largest absolute Gasteiger partial charge is 0.455 e. The topological polar surface area (TPSA) is 193 Å². The van der Waals surface area contributed by atoms with Gasteiger partial charge in [-0.3, -0.25) is 14.4 Å². The number of alkyl halides is 1. The molecule has 5 heterocycles. The Balaban J connectivity index is 0.00000273. The monoisotopic (exact) mass is 898 g/mol. The van der Waals surface area contributed by atoms with Crippen LogP contribution in [0, 0.1) is 11.8 Å². The number of rotatable bonds is 11. The lowest BCUT2D eigenvalue weighted by molar-refractivity contribution is -0.295. The van der Waals surface area contributed by atoms with Gasteiger partial charge in [0.15, 0.2) is 17.7 Å². The Bertz CT molecular complexity index is 1770. The Morgan fingerprint density at radius 1 is 1.08 bits per heavy atom. The van der Waals surface area contributed by atoms with E-state index in [4.69, 9.17) is 23.7 Å². The van der Waals surface area contributed by atoms with Gasteiger partial charge in [0.05, 0.1) is 30.0 Å². The van der Waals surface area contributed by atoms with Crippen LogP contribution in [-0.2, 0) is 39.8 Å². The summed E-state index contributed by atoms with van der Waals surface area (Å²) in [4.78, 5) is 45.6. The van der Waals surface area contributed by atoms with Crippen molar-refractivity contribution in [2.24, 2.45) is 11.8 Å². The highest BCUT2D eigenvalue weighted by molar-refractivity contribution is 7.93. The number of cyclic esters (lactones) is 1. The number of Topliss-reactive ketones (excluding diaryl/α,β-unsaturated/α-hetero) is 1. The number of aliphatic hydroxyl groups excluding tert-OH is 1. The number of carbonyl (C=O) groups is 3. The summed E-state index contributed by atoms with van der Waals surface area (Å²) in [7, 11) is 5.20. The molecule has 3 unspecified atom stereocenters. The van der Waals surface area contributed by atoms with Crippen LogP contribution in [0.25, 0.3) is 11.4 Å². The van der Waals surface area contributed by atoms with Crippen molar-refractivity contribution < 1.29 is 51.5 Å². The summed E-state index contributed by atoms with van der Waals surface area (Å²) in [6, 6.07) is 2.22. The van der Waals surface area contributed by atoms with Crippen LogP contribution in [0.15, 0.2) is 24.5 Å². The average Bonchev–Trinajstić information content (AvgIpc) is 3.81. The summed E-state index contributed by atoms with van der Waals surface area (Å²) >= 11 is 0.250. The summed E-state index contributed by atoms with van der Waals surface area (Å²) in [5.74, 6) is -3.86. The van der Waals surface area contributed by atoms with E-state index in [0.717, 1.165) is 6.92 Å². The second-order valence-electron chi connectivity index (χ2n) is 17.6. The van der Waals surface area contributed by atoms with Gasteiger partial charge in [-0.15, -0.1) is 10.2 Å². The molecule has 0 aromatic carbocycles. The van der Waals surface area contributed by atoms with Gasteiger partial charge < -0.3 is 39.0 Å². The minimum absolute atomic E-state index is 0.115. The number of ether oxygens (including phenoxy) is 5. The van der Waals surface area contributed by atoms with Crippen molar-refractivity contribution in [3.05, 3.63) is 24.5 Å². The van der Waals surface area contributed by atoms with Crippen molar-refractivity contribution >= 4 is 30.0 Å². The molecule has 3 fully saturated rings. The number of methoxy groups -OCH3 is 1. The van der Waals surface area contributed by atoms with Crippen LogP contribution >= 0.6 is 12.1 Å². The van der Waals surface area contributed by atoms with Crippen molar-refractivity contribution in [1.82, 2.24) is 40.3 Å². The van der Waals surface area contributed by atoms with Gasteiger partial charge in [0.25, 0.3) is 5.67 Å². The molecule has 0 radical (unpaired) electrons. The summed E-state index contributed by atoms with van der Waals surface area (Å²) in [5.41, 5.74) is -4.57. The van der Waals surface area contributed by atoms with Crippen LogP contribution in [-0.4, -0.2) is 164 Å². The molecule has 0 saturated carbocycles. The molecule has 3 aliphatic heterocycles. The molecule has 350 valence electrons. The molecule has 0 spiro atoms. The fourth-order valence-electron chi connectivity index (χ4n) is 9.18. The number of amides is 1. The molecule has 2 aromatic rings. The van der Waals surface area contributed by atoms with Crippen molar-refractivity contribution in [2.45, 2.75) is 160 Å². The predicted molar refractivity (Wildman–Crippen MR) is 228 cm³/mol. The summed E-state index contributed by atoms with van der Waals surface area (Å²) < 4.78 is 59.7. The van der Waals surface area contributed by atoms with E-state index in [1.54, 1.807) is 54.9 Å². The number of fused-ring (bicyclic) bond motifs is 1.